The summed E-state index contributed by atoms with van der Waals surface area (Å²) < 4.78 is 6.18. The minimum Gasteiger partial charge on any atom is -0.367 e. The van der Waals surface area contributed by atoms with Gasteiger partial charge in [-0.15, -0.1) is 0 Å². The van der Waals surface area contributed by atoms with E-state index in [1.54, 1.807) is 0 Å². The molecule has 23 heavy (non-hydrogen) atoms. The van der Waals surface area contributed by atoms with Crippen LogP contribution in [0.15, 0.2) is 0 Å². The molecule has 0 amide bonds. The molecule has 2 nitrogen and oxygen atoms in total. The van der Waals surface area contributed by atoms with Gasteiger partial charge < -0.3 is 9.84 Å². The maximum Gasteiger partial charge on any atom is 0.160 e. The molecule has 0 saturated heterocycles. The van der Waals surface area contributed by atoms with E-state index in [9.17, 15) is 5.11 Å². The van der Waals surface area contributed by atoms with Crippen molar-refractivity contribution in [2.75, 3.05) is 0 Å². The molecule has 0 heterocycles. The molecule has 0 aromatic rings. The molecule has 1 rings (SSSR count). The Labute approximate surface area is 145 Å². The topological polar surface area (TPSA) is 29.5 Å². The van der Waals surface area contributed by atoms with Gasteiger partial charge in [0.2, 0.25) is 0 Å². The molecule has 2 heteroatoms. The van der Waals surface area contributed by atoms with Crippen LogP contribution in [0.1, 0.15) is 94.4 Å². The highest BCUT2D eigenvalue weighted by Crippen LogP contribution is 2.44. The van der Waals surface area contributed by atoms with E-state index in [-0.39, 0.29) is 16.9 Å². The summed E-state index contributed by atoms with van der Waals surface area (Å²) in [6.45, 7) is 20.4. The van der Waals surface area contributed by atoms with Crippen LogP contribution in [0.3, 0.4) is 0 Å². The molecular formula is C21H42O2. The quantitative estimate of drug-likeness (QED) is 0.625. The van der Waals surface area contributed by atoms with Gasteiger partial charge >= 0.3 is 0 Å². The van der Waals surface area contributed by atoms with Gasteiger partial charge in [-0.3, -0.25) is 0 Å². The first-order chi connectivity index (χ1) is 10.3. The molecule has 1 fully saturated rings. The maximum absolute atomic E-state index is 10.9. The number of hydrogen-bond acceptors (Lipinski definition) is 2. The number of rotatable bonds is 5. The van der Waals surface area contributed by atoms with Crippen molar-refractivity contribution in [2.45, 2.75) is 107 Å². The second kappa shape index (κ2) is 7.44. The normalized spacial score (nSPS) is 27.8. The molecule has 0 aromatic carbocycles. The van der Waals surface area contributed by atoms with Gasteiger partial charge in [-0.1, -0.05) is 62.3 Å². The summed E-state index contributed by atoms with van der Waals surface area (Å²) in [6.07, 6.45) is 5.14. The van der Waals surface area contributed by atoms with Gasteiger partial charge in [-0.25, -0.2) is 0 Å². The Morgan fingerprint density at radius 3 is 1.74 bits per heavy atom. The first-order valence-corrected chi connectivity index (χ1v) is 9.59. The van der Waals surface area contributed by atoms with Crippen LogP contribution in [0.25, 0.3) is 0 Å². The van der Waals surface area contributed by atoms with Gasteiger partial charge in [0.1, 0.15) is 0 Å². The second-order valence-corrected chi connectivity index (χ2v) is 10.7. The van der Waals surface area contributed by atoms with Crippen molar-refractivity contribution in [3.05, 3.63) is 0 Å². The van der Waals surface area contributed by atoms with Crippen LogP contribution >= 0.6 is 0 Å². The van der Waals surface area contributed by atoms with E-state index >= 15 is 0 Å². The van der Waals surface area contributed by atoms with Crippen LogP contribution in [-0.4, -0.2) is 17.5 Å². The van der Waals surface area contributed by atoms with Crippen molar-refractivity contribution < 1.29 is 9.84 Å². The Hall–Kier alpha value is -0.0800. The van der Waals surface area contributed by atoms with Crippen molar-refractivity contribution in [1.29, 1.82) is 0 Å². The molecule has 0 aromatic heterocycles. The lowest BCUT2D eigenvalue weighted by Crippen LogP contribution is -2.44. The van der Waals surface area contributed by atoms with Crippen molar-refractivity contribution in [2.24, 2.45) is 28.1 Å². The molecule has 0 aliphatic heterocycles. The largest absolute Gasteiger partial charge is 0.367 e. The summed E-state index contributed by atoms with van der Waals surface area (Å²) in [5.74, 6) is 1.17. The minimum absolute atomic E-state index is 0.188. The van der Waals surface area contributed by atoms with E-state index in [2.05, 4.69) is 62.3 Å². The van der Waals surface area contributed by atoms with Gasteiger partial charge in [-0.05, 0) is 54.8 Å². The summed E-state index contributed by atoms with van der Waals surface area (Å²) in [5, 5.41) is 10.9. The standard InChI is InChI=1S/C21H42O2/c1-15(2)21(9,14-19(3,4)5)18(22)23-17-12-10-16(11-13-17)20(6,7)8/h15-18,22H,10-14H2,1-9H3/t16?,17?,18-,21?/m1/s1. The first kappa shape index (κ1) is 21.0. The Morgan fingerprint density at radius 2 is 1.39 bits per heavy atom. The lowest BCUT2D eigenvalue weighted by atomic mass is 9.68. The number of aliphatic hydroxyl groups is 1. The fourth-order valence-corrected chi connectivity index (χ4v) is 4.12. The SMILES string of the molecule is CC(C)C(C)(CC(C)(C)C)[C@H](O)OC1CCC(C(C)(C)C)CC1. The van der Waals surface area contributed by atoms with E-state index in [0.717, 1.165) is 25.2 Å². The Kier molecular flexibility index (Phi) is 6.78. The molecule has 1 unspecified atom stereocenters. The molecule has 0 spiro atoms. The molecule has 0 radical (unpaired) electrons. The molecular weight excluding hydrogens is 284 g/mol. The molecule has 0 bridgehead atoms. The van der Waals surface area contributed by atoms with Crippen molar-refractivity contribution in [1.82, 2.24) is 0 Å². The third kappa shape index (κ3) is 6.05. The number of aliphatic hydroxyl groups excluding tert-OH is 1. The first-order valence-electron chi connectivity index (χ1n) is 9.59. The van der Waals surface area contributed by atoms with E-state index in [0.29, 0.717) is 11.3 Å². The van der Waals surface area contributed by atoms with Crippen molar-refractivity contribution >= 4 is 0 Å². The summed E-state index contributed by atoms with van der Waals surface area (Å²) in [7, 11) is 0. The van der Waals surface area contributed by atoms with E-state index in [1.165, 1.54) is 12.8 Å². The average molecular weight is 327 g/mol. The zero-order valence-corrected chi connectivity index (χ0v) is 17.2. The Morgan fingerprint density at radius 1 is 0.913 bits per heavy atom. The summed E-state index contributed by atoms with van der Waals surface area (Å²) in [6, 6.07) is 0. The predicted molar refractivity (Wildman–Crippen MR) is 99.3 cm³/mol. The van der Waals surface area contributed by atoms with E-state index in [4.69, 9.17) is 4.74 Å². The van der Waals surface area contributed by atoms with Crippen LogP contribution in [-0.2, 0) is 4.74 Å². The monoisotopic (exact) mass is 326 g/mol. The molecule has 1 saturated carbocycles. The smallest absolute Gasteiger partial charge is 0.160 e. The van der Waals surface area contributed by atoms with E-state index < -0.39 is 6.29 Å². The van der Waals surface area contributed by atoms with Gasteiger partial charge in [0.05, 0.1) is 6.10 Å². The highest BCUT2D eigenvalue weighted by molar-refractivity contribution is 4.87. The van der Waals surface area contributed by atoms with Crippen LogP contribution < -0.4 is 0 Å². The zero-order valence-electron chi connectivity index (χ0n) is 17.2. The highest BCUT2D eigenvalue weighted by atomic mass is 16.6. The highest BCUT2D eigenvalue weighted by Gasteiger charge is 2.42. The lowest BCUT2D eigenvalue weighted by molar-refractivity contribution is -0.223. The third-order valence-corrected chi connectivity index (χ3v) is 6.01. The number of ether oxygens (including phenoxy) is 1. The van der Waals surface area contributed by atoms with Crippen molar-refractivity contribution in [3.8, 4) is 0 Å². The van der Waals surface area contributed by atoms with Crippen molar-refractivity contribution in [3.63, 3.8) is 0 Å². The maximum atomic E-state index is 10.9. The molecule has 1 aliphatic carbocycles. The van der Waals surface area contributed by atoms with Gasteiger partial charge in [0.25, 0.3) is 0 Å². The Balaban J connectivity index is 2.65. The molecule has 1 aliphatic rings. The van der Waals surface area contributed by atoms with Crippen LogP contribution in [0, 0.1) is 28.1 Å². The number of hydrogen-bond donors (Lipinski definition) is 1. The van der Waals surface area contributed by atoms with Crippen LogP contribution in [0.4, 0.5) is 0 Å². The fourth-order valence-electron chi connectivity index (χ4n) is 4.12. The predicted octanol–water partition coefficient (Wildman–Crippen LogP) is 6.02. The van der Waals surface area contributed by atoms with Gasteiger partial charge in [0, 0.05) is 5.41 Å². The van der Waals surface area contributed by atoms with Crippen LogP contribution in [0.2, 0.25) is 0 Å². The Bertz CT molecular complexity index is 353. The lowest BCUT2D eigenvalue weighted by Gasteiger charge is -2.44. The molecule has 2 atom stereocenters. The third-order valence-electron chi connectivity index (χ3n) is 6.01. The second-order valence-electron chi connectivity index (χ2n) is 10.7. The van der Waals surface area contributed by atoms with Gasteiger partial charge in [0.15, 0.2) is 6.29 Å². The molecule has 1 N–H and O–H groups in total. The summed E-state index contributed by atoms with van der Waals surface area (Å²) in [4.78, 5) is 0. The van der Waals surface area contributed by atoms with Gasteiger partial charge in [-0.2, -0.15) is 0 Å². The summed E-state index contributed by atoms with van der Waals surface area (Å²) in [5.41, 5.74) is 0.384. The fraction of sp³-hybridized carbons (Fsp3) is 1.00. The minimum atomic E-state index is -0.669. The zero-order chi connectivity index (χ0) is 18.1. The molecule has 138 valence electrons. The summed E-state index contributed by atoms with van der Waals surface area (Å²) >= 11 is 0. The average Bonchev–Trinajstić information content (AvgIpc) is 2.35. The van der Waals surface area contributed by atoms with Crippen LogP contribution in [0.5, 0.6) is 0 Å². The van der Waals surface area contributed by atoms with E-state index in [1.807, 2.05) is 0 Å².